The summed E-state index contributed by atoms with van der Waals surface area (Å²) in [5.74, 6) is -0.470. The number of morpholine rings is 1. The van der Waals surface area contributed by atoms with Crippen LogP contribution in [0, 0.1) is 0 Å². The SMILES string of the molecule is COc1ccc(OC)c(NC(=O)C(=O)NCCN2CCO[C@@H](c3ccccc3)C2)c1. The van der Waals surface area contributed by atoms with Gasteiger partial charge >= 0.3 is 11.8 Å². The number of nitrogens with zero attached hydrogens (tertiary/aromatic N) is 1. The summed E-state index contributed by atoms with van der Waals surface area (Å²) < 4.78 is 16.2. The lowest BCUT2D eigenvalue weighted by molar-refractivity contribution is -0.136. The molecule has 0 spiro atoms. The van der Waals surface area contributed by atoms with Crippen molar-refractivity contribution in [3.63, 3.8) is 0 Å². The molecule has 0 aliphatic carbocycles. The molecule has 1 aliphatic rings. The zero-order valence-electron chi connectivity index (χ0n) is 17.2. The molecule has 2 aromatic rings. The van der Waals surface area contributed by atoms with Crippen LogP contribution in [0.3, 0.4) is 0 Å². The Labute approximate surface area is 176 Å². The average molecular weight is 413 g/mol. The molecule has 0 radical (unpaired) electrons. The minimum absolute atomic E-state index is 0.0134. The first-order valence-corrected chi connectivity index (χ1v) is 9.81. The van der Waals surface area contributed by atoms with Crippen molar-refractivity contribution in [2.45, 2.75) is 6.10 Å². The summed E-state index contributed by atoms with van der Waals surface area (Å²) in [5.41, 5.74) is 1.51. The van der Waals surface area contributed by atoms with E-state index in [9.17, 15) is 9.59 Å². The molecule has 2 aromatic carbocycles. The molecule has 2 amide bonds. The predicted octanol–water partition coefficient (Wildman–Crippen LogP) is 1.83. The molecular formula is C22H27N3O5. The van der Waals surface area contributed by atoms with E-state index in [4.69, 9.17) is 14.2 Å². The van der Waals surface area contributed by atoms with Crippen LogP contribution in [0.4, 0.5) is 5.69 Å². The van der Waals surface area contributed by atoms with E-state index in [0.717, 1.165) is 18.7 Å². The second-order valence-electron chi connectivity index (χ2n) is 6.85. The highest BCUT2D eigenvalue weighted by atomic mass is 16.5. The Morgan fingerprint density at radius 2 is 1.90 bits per heavy atom. The molecule has 1 saturated heterocycles. The van der Waals surface area contributed by atoms with Gasteiger partial charge in [0, 0.05) is 32.2 Å². The van der Waals surface area contributed by atoms with Crippen LogP contribution in [0.2, 0.25) is 0 Å². The fourth-order valence-electron chi connectivity index (χ4n) is 3.27. The summed E-state index contributed by atoms with van der Waals surface area (Å²) >= 11 is 0. The molecule has 1 heterocycles. The average Bonchev–Trinajstić information content (AvgIpc) is 2.79. The van der Waals surface area contributed by atoms with Crippen molar-refractivity contribution in [1.29, 1.82) is 0 Å². The first kappa shape index (κ1) is 21.6. The van der Waals surface area contributed by atoms with E-state index in [2.05, 4.69) is 15.5 Å². The molecule has 1 fully saturated rings. The van der Waals surface area contributed by atoms with Gasteiger partial charge in [0.2, 0.25) is 0 Å². The third-order valence-electron chi connectivity index (χ3n) is 4.90. The molecule has 30 heavy (non-hydrogen) atoms. The zero-order valence-corrected chi connectivity index (χ0v) is 17.2. The Balaban J connectivity index is 1.47. The number of benzene rings is 2. The smallest absolute Gasteiger partial charge is 0.313 e. The lowest BCUT2D eigenvalue weighted by atomic mass is 10.1. The number of nitrogens with one attached hydrogen (secondary N) is 2. The summed E-state index contributed by atoms with van der Waals surface area (Å²) in [5, 5.41) is 5.23. The molecule has 160 valence electrons. The zero-order chi connectivity index (χ0) is 21.3. The molecule has 2 N–H and O–H groups in total. The molecule has 0 aromatic heterocycles. The van der Waals surface area contributed by atoms with Gasteiger partial charge in [0.15, 0.2) is 0 Å². The van der Waals surface area contributed by atoms with Gasteiger partial charge in [-0.2, -0.15) is 0 Å². The Hall–Kier alpha value is -3.10. The van der Waals surface area contributed by atoms with Crippen LogP contribution in [0.1, 0.15) is 11.7 Å². The maximum atomic E-state index is 12.2. The lowest BCUT2D eigenvalue weighted by Crippen LogP contribution is -2.44. The summed E-state index contributed by atoms with van der Waals surface area (Å²) in [6.07, 6.45) is 0.0134. The van der Waals surface area contributed by atoms with Crippen LogP contribution >= 0.6 is 0 Å². The summed E-state index contributed by atoms with van der Waals surface area (Å²) in [6, 6.07) is 15.0. The lowest BCUT2D eigenvalue weighted by Gasteiger charge is -2.33. The second kappa shape index (κ2) is 10.6. The highest BCUT2D eigenvalue weighted by Crippen LogP contribution is 2.28. The van der Waals surface area contributed by atoms with E-state index in [-0.39, 0.29) is 6.10 Å². The van der Waals surface area contributed by atoms with Crippen LogP contribution in [0.5, 0.6) is 11.5 Å². The highest BCUT2D eigenvalue weighted by molar-refractivity contribution is 6.39. The number of rotatable bonds is 7. The van der Waals surface area contributed by atoms with Gasteiger partial charge in [0.05, 0.1) is 32.6 Å². The van der Waals surface area contributed by atoms with Gasteiger partial charge < -0.3 is 24.8 Å². The molecule has 8 nitrogen and oxygen atoms in total. The van der Waals surface area contributed by atoms with Crippen molar-refractivity contribution in [2.24, 2.45) is 0 Å². The van der Waals surface area contributed by atoms with Crippen LogP contribution in [0.25, 0.3) is 0 Å². The van der Waals surface area contributed by atoms with E-state index in [1.807, 2.05) is 30.3 Å². The third-order valence-corrected chi connectivity index (χ3v) is 4.90. The van der Waals surface area contributed by atoms with Gasteiger partial charge in [-0.25, -0.2) is 0 Å². The molecule has 0 bridgehead atoms. The van der Waals surface area contributed by atoms with Gasteiger partial charge in [0.25, 0.3) is 0 Å². The maximum absolute atomic E-state index is 12.2. The van der Waals surface area contributed by atoms with Crippen molar-refractivity contribution >= 4 is 17.5 Å². The van der Waals surface area contributed by atoms with Gasteiger partial charge in [-0.15, -0.1) is 0 Å². The Morgan fingerprint density at radius 3 is 2.63 bits per heavy atom. The first-order chi connectivity index (χ1) is 14.6. The number of hydrogen-bond donors (Lipinski definition) is 2. The number of ether oxygens (including phenoxy) is 3. The van der Waals surface area contributed by atoms with Crippen LogP contribution < -0.4 is 20.1 Å². The largest absolute Gasteiger partial charge is 0.497 e. The van der Waals surface area contributed by atoms with E-state index in [1.165, 1.54) is 14.2 Å². The van der Waals surface area contributed by atoms with Crippen LogP contribution in [0.15, 0.2) is 48.5 Å². The van der Waals surface area contributed by atoms with Gasteiger partial charge in [-0.05, 0) is 17.7 Å². The normalized spacial score (nSPS) is 16.5. The predicted molar refractivity (Wildman–Crippen MR) is 113 cm³/mol. The second-order valence-corrected chi connectivity index (χ2v) is 6.85. The number of carbonyl (C=O) groups is 2. The quantitative estimate of drug-likeness (QED) is 0.674. The topological polar surface area (TPSA) is 89.1 Å². The number of hydrogen-bond acceptors (Lipinski definition) is 6. The minimum atomic E-state index is -0.759. The Morgan fingerprint density at radius 1 is 1.10 bits per heavy atom. The highest BCUT2D eigenvalue weighted by Gasteiger charge is 2.22. The van der Waals surface area contributed by atoms with Crippen LogP contribution in [-0.4, -0.2) is 63.7 Å². The number of carbonyl (C=O) groups excluding carboxylic acids is 2. The van der Waals surface area contributed by atoms with Crippen molar-refractivity contribution in [1.82, 2.24) is 10.2 Å². The fourth-order valence-corrected chi connectivity index (χ4v) is 3.27. The van der Waals surface area contributed by atoms with Crippen molar-refractivity contribution < 1.29 is 23.8 Å². The molecule has 3 rings (SSSR count). The molecule has 0 saturated carbocycles. The molecule has 1 atom stereocenters. The molecular weight excluding hydrogens is 386 g/mol. The van der Waals surface area contributed by atoms with E-state index in [1.54, 1.807) is 18.2 Å². The molecule has 8 heteroatoms. The summed E-state index contributed by atoms with van der Waals surface area (Å²) in [7, 11) is 3.01. The van der Waals surface area contributed by atoms with Gasteiger partial charge in [-0.3, -0.25) is 14.5 Å². The number of methoxy groups -OCH3 is 2. The fraction of sp³-hybridized carbons (Fsp3) is 0.364. The monoisotopic (exact) mass is 413 g/mol. The molecule has 1 aliphatic heterocycles. The summed E-state index contributed by atoms with van der Waals surface area (Å²) in [6.45, 7) is 3.15. The Bertz CT molecular complexity index is 859. The van der Waals surface area contributed by atoms with Crippen molar-refractivity contribution in [3.05, 3.63) is 54.1 Å². The number of anilines is 1. The van der Waals surface area contributed by atoms with E-state index >= 15 is 0 Å². The first-order valence-electron chi connectivity index (χ1n) is 9.81. The maximum Gasteiger partial charge on any atom is 0.313 e. The van der Waals surface area contributed by atoms with E-state index in [0.29, 0.717) is 36.9 Å². The Kier molecular flexibility index (Phi) is 7.64. The van der Waals surface area contributed by atoms with Gasteiger partial charge in [-0.1, -0.05) is 30.3 Å². The number of amides is 2. The van der Waals surface area contributed by atoms with E-state index < -0.39 is 11.8 Å². The molecule has 0 unspecified atom stereocenters. The van der Waals surface area contributed by atoms with Crippen LogP contribution in [-0.2, 0) is 14.3 Å². The van der Waals surface area contributed by atoms with Crippen molar-refractivity contribution in [3.8, 4) is 11.5 Å². The minimum Gasteiger partial charge on any atom is -0.497 e. The van der Waals surface area contributed by atoms with Crippen molar-refractivity contribution in [2.75, 3.05) is 52.3 Å². The summed E-state index contributed by atoms with van der Waals surface area (Å²) in [4.78, 5) is 26.6. The van der Waals surface area contributed by atoms with Gasteiger partial charge in [0.1, 0.15) is 11.5 Å². The standard InChI is InChI=1S/C22H27N3O5/c1-28-17-8-9-19(29-2)18(14-17)24-22(27)21(26)23-10-11-25-12-13-30-20(15-25)16-6-4-3-5-7-16/h3-9,14,20H,10-13,15H2,1-2H3,(H,23,26)(H,24,27)/t20-/m1/s1. The third kappa shape index (κ3) is 5.71.